The summed E-state index contributed by atoms with van der Waals surface area (Å²) in [5.74, 6) is 2.16. The lowest BCUT2D eigenvalue weighted by molar-refractivity contribution is 0.123. The maximum atomic E-state index is 5.88. The lowest BCUT2D eigenvalue weighted by Crippen LogP contribution is -2.42. The SMILES string of the molecule is CC1CCN(Cc2nnnn2-c2ccccc2)CC1CN. The van der Waals surface area contributed by atoms with E-state index in [-0.39, 0.29) is 0 Å². The van der Waals surface area contributed by atoms with E-state index in [4.69, 9.17) is 5.73 Å². The molecule has 6 heteroatoms. The Morgan fingerprint density at radius 3 is 2.86 bits per heavy atom. The highest BCUT2D eigenvalue weighted by Crippen LogP contribution is 2.23. The quantitative estimate of drug-likeness (QED) is 0.910. The lowest BCUT2D eigenvalue weighted by Gasteiger charge is -2.36. The van der Waals surface area contributed by atoms with Gasteiger partial charge in [0, 0.05) is 6.54 Å². The van der Waals surface area contributed by atoms with Crippen LogP contribution in [0.15, 0.2) is 30.3 Å². The summed E-state index contributed by atoms with van der Waals surface area (Å²) < 4.78 is 1.81. The molecular formula is C15H22N6. The smallest absolute Gasteiger partial charge is 0.170 e. The van der Waals surface area contributed by atoms with Gasteiger partial charge in [0.2, 0.25) is 0 Å². The molecule has 1 aliphatic heterocycles. The number of likely N-dealkylation sites (tertiary alicyclic amines) is 1. The van der Waals surface area contributed by atoms with Gasteiger partial charge in [0.1, 0.15) is 0 Å². The predicted octanol–water partition coefficient (Wildman–Crippen LogP) is 1.08. The number of benzene rings is 1. The fourth-order valence-electron chi connectivity index (χ4n) is 2.95. The zero-order valence-corrected chi connectivity index (χ0v) is 12.4. The highest BCUT2D eigenvalue weighted by Gasteiger charge is 2.26. The fourth-order valence-corrected chi connectivity index (χ4v) is 2.95. The second-order valence-corrected chi connectivity index (χ2v) is 5.84. The summed E-state index contributed by atoms with van der Waals surface area (Å²) in [5, 5.41) is 12.1. The van der Waals surface area contributed by atoms with Crippen molar-refractivity contribution in [2.75, 3.05) is 19.6 Å². The number of piperidine rings is 1. The van der Waals surface area contributed by atoms with Gasteiger partial charge in [0.25, 0.3) is 0 Å². The number of hydrogen-bond acceptors (Lipinski definition) is 5. The summed E-state index contributed by atoms with van der Waals surface area (Å²) in [6, 6.07) is 10.0. The van der Waals surface area contributed by atoms with Gasteiger partial charge in [-0.25, -0.2) is 0 Å². The van der Waals surface area contributed by atoms with E-state index in [9.17, 15) is 0 Å². The van der Waals surface area contributed by atoms with Gasteiger partial charge in [0.15, 0.2) is 5.82 Å². The Kier molecular flexibility index (Phi) is 4.26. The van der Waals surface area contributed by atoms with Crippen LogP contribution in [0.25, 0.3) is 5.69 Å². The van der Waals surface area contributed by atoms with Crippen molar-refractivity contribution in [3.63, 3.8) is 0 Å². The maximum absolute atomic E-state index is 5.88. The molecule has 112 valence electrons. The van der Waals surface area contributed by atoms with E-state index in [0.717, 1.165) is 37.7 Å². The van der Waals surface area contributed by atoms with Gasteiger partial charge in [-0.1, -0.05) is 25.1 Å². The Labute approximate surface area is 124 Å². The van der Waals surface area contributed by atoms with E-state index in [2.05, 4.69) is 27.3 Å². The third-order valence-electron chi connectivity index (χ3n) is 4.40. The van der Waals surface area contributed by atoms with Crippen molar-refractivity contribution in [3.05, 3.63) is 36.2 Å². The molecule has 0 bridgehead atoms. The molecule has 0 aliphatic carbocycles. The number of rotatable bonds is 4. The van der Waals surface area contributed by atoms with Crippen molar-refractivity contribution in [3.8, 4) is 5.69 Å². The molecule has 3 rings (SSSR count). The lowest BCUT2D eigenvalue weighted by atomic mass is 9.87. The van der Waals surface area contributed by atoms with Gasteiger partial charge < -0.3 is 5.73 Å². The Morgan fingerprint density at radius 2 is 2.10 bits per heavy atom. The number of aromatic nitrogens is 4. The van der Waals surface area contributed by atoms with Crippen LogP contribution in [0.4, 0.5) is 0 Å². The van der Waals surface area contributed by atoms with Gasteiger partial charge in [-0.3, -0.25) is 4.90 Å². The molecule has 2 aromatic rings. The van der Waals surface area contributed by atoms with Crippen LogP contribution in [0.3, 0.4) is 0 Å². The van der Waals surface area contributed by atoms with Crippen LogP contribution in [0.1, 0.15) is 19.2 Å². The molecule has 21 heavy (non-hydrogen) atoms. The van der Waals surface area contributed by atoms with Crippen LogP contribution in [0.5, 0.6) is 0 Å². The number of tetrazole rings is 1. The first-order valence-electron chi connectivity index (χ1n) is 7.53. The van der Waals surface area contributed by atoms with Crippen molar-refractivity contribution in [1.29, 1.82) is 0 Å². The Morgan fingerprint density at radius 1 is 1.29 bits per heavy atom. The molecule has 1 saturated heterocycles. The van der Waals surface area contributed by atoms with Crippen molar-refractivity contribution < 1.29 is 0 Å². The third-order valence-corrected chi connectivity index (χ3v) is 4.40. The average molecular weight is 286 g/mol. The van der Waals surface area contributed by atoms with Gasteiger partial charge in [-0.15, -0.1) is 5.10 Å². The maximum Gasteiger partial charge on any atom is 0.170 e. The first kappa shape index (κ1) is 14.2. The minimum absolute atomic E-state index is 0.569. The van der Waals surface area contributed by atoms with Crippen LogP contribution in [-0.4, -0.2) is 44.7 Å². The molecule has 1 aliphatic rings. The molecule has 1 aromatic heterocycles. The normalized spacial score (nSPS) is 23.3. The fraction of sp³-hybridized carbons (Fsp3) is 0.533. The molecule has 0 saturated carbocycles. The Hall–Kier alpha value is -1.79. The van der Waals surface area contributed by atoms with Gasteiger partial charge in [-0.2, -0.15) is 4.68 Å². The molecule has 1 aromatic carbocycles. The first-order valence-corrected chi connectivity index (χ1v) is 7.53. The molecule has 0 amide bonds. The summed E-state index contributed by atoms with van der Waals surface area (Å²) in [4.78, 5) is 2.41. The predicted molar refractivity (Wildman–Crippen MR) is 80.8 cm³/mol. The van der Waals surface area contributed by atoms with Gasteiger partial charge in [-0.05, 0) is 53.9 Å². The standard InChI is InChI=1S/C15H22N6/c1-12-7-8-20(10-13(12)9-16)11-15-17-18-19-21(15)14-5-3-2-4-6-14/h2-6,12-13H,7-11,16H2,1H3. The van der Waals surface area contributed by atoms with E-state index in [1.807, 2.05) is 35.0 Å². The molecule has 1 fully saturated rings. The van der Waals surface area contributed by atoms with Crippen LogP contribution in [0.2, 0.25) is 0 Å². The number of hydrogen-bond donors (Lipinski definition) is 1. The van der Waals surface area contributed by atoms with Gasteiger partial charge in [0.05, 0.1) is 12.2 Å². The van der Waals surface area contributed by atoms with Crippen LogP contribution < -0.4 is 5.73 Å². The molecule has 0 spiro atoms. The van der Waals surface area contributed by atoms with Crippen LogP contribution in [0, 0.1) is 11.8 Å². The van der Waals surface area contributed by atoms with E-state index < -0.39 is 0 Å². The highest BCUT2D eigenvalue weighted by molar-refractivity contribution is 5.30. The topological polar surface area (TPSA) is 72.9 Å². The number of nitrogens with two attached hydrogens (primary N) is 1. The Bertz CT molecular complexity index is 567. The van der Waals surface area contributed by atoms with E-state index in [0.29, 0.717) is 11.8 Å². The summed E-state index contributed by atoms with van der Waals surface area (Å²) in [7, 11) is 0. The second-order valence-electron chi connectivity index (χ2n) is 5.84. The minimum Gasteiger partial charge on any atom is -0.330 e. The first-order chi connectivity index (χ1) is 10.3. The zero-order chi connectivity index (χ0) is 14.7. The summed E-state index contributed by atoms with van der Waals surface area (Å²) in [5.41, 5.74) is 6.88. The second kappa shape index (κ2) is 6.32. The number of para-hydroxylation sites is 1. The molecule has 2 heterocycles. The summed E-state index contributed by atoms with van der Waals surface area (Å²) >= 11 is 0. The van der Waals surface area contributed by atoms with Crippen LogP contribution >= 0.6 is 0 Å². The number of nitrogens with zero attached hydrogens (tertiary/aromatic N) is 5. The molecule has 2 N–H and O–H groups in total. The summed E-state index contributed by atoms with van der Waals surface area (Å²) in [6.45, 7) is 5.92. The van der Waals surface area contributed by atoms with Crippen molar-refractivity contribution in [2.45, 2.75) is 19.9 Å². The van der Waals surface area contributed by atoms with Crippen LogP contribution in [-0.2, 0) is 6.54 Å². The zero-order valence-electron chi connectivity index (χ0n) is 12.4. The molecule has 0 radical (unpaired) electrons. The third kappa shape index (κ3) is 3.11. The average Bonchev–Trinajstić information content (AvgIpc) is 2.98. The van der Waals surface area contributed by atoms with Crippen molar-refractivity contribution in [2.24, 2.45) is 17.6 Å². The summed E-state index contributed by atoms with van der Waals surface area (Å²) in [6.07, 6.45) is 1.19. The minimum atomic E-state index is 0.569. The largest absolute Gasteiger partial charge is 0.330 e. The monoisotopic (exact) mass is 286 g/mol. The van der Waals surface area contributed by atoms with E-state index in [1.165, 1.54) is 6.42 Å². The van der Waals surface area contributed by atoms with E-state index >= 15 is 0 Å². The van der Waals surface area contributed by atoms with Crippen molar-refractivity contribution >= 4 is 0 Å². The van der Waals surface area contributed by atoms with Crippen molar-refractivity contribution in [1.82, 2.24) is 25.1 Å². The van der Waals surface area contributed by atoms with Gasteiger partial charge >= 0.3 is 0 Å². The molecular weight excluding hydrogens is 264 g/mol. The van der Waals surface area contributed by atoms with E-state index in [1.54, 1.807) is 0 Å². The molecule has 2 unspecified atom stereocenters. The Balaban J connectivity index is 1.73. The highest BCUT2D eigenvalue weighted by atomic mass is 15.5. The molecule has 6 nitrogen and oxygen atoms in total. The molecule has 2 atom stereocenters.